The molecule has 134 valence electrons. The fraction of sp³-hybridized carbons (Fsp3) is 0.312. The van der Waals surface area contributed by atoms with Crippen molar-refractivity contribution in [3.8, 4) is 5.88 Å². The molecular weight excluding hydrogens is 354 g/mol. The Morgan fingerprint density at radius 1 is 1.36 bits per heavy atom. The fourth-order valence-corrected chi connectivity index (χ4v) is 2.27. The molecule has 0 fully saturated rings. The summed E-state index contributed by atoms with van der Waals surface area (Å²) < 4.78 is 29.1. The van der Waals surface area contributed by atoms with Crippen LogP contribution in [0.1, 0.15) is 21.6 Å². The number of amides is 1. The number of hydrogen-bond acceptors (Lipinski definition) is 5. The second-order valence-electron chi connectivity index (χ2n) is 5.15. The highest BCUT2D eigenvalue weighted by atomic mass is 35.5. The summed E-state index contributed by atoms with van der Waals surface area (Å²) in [6.07, 6.45) is -1.20. The Morgan fingerprint density at radius 3 is 2.76 bits per heavy atom. The van der Waals surface area contributed by atoms with Crippen molar-refractivity contribution in [1.82, 2.24) is 15.3 Å². The van der Waals surface area contributed by atoms with Crippen LogP contribution in [-0.4, -0.2) is 36.0 Å². The summed E-state index contributed by atoms with van der Waals surface area (Å²) in [6, 6.07) is 4.81. The molecule has 0 saturated carbocycles. The lowest BCUT2D eigenvalue weighted by Crippen LogP contribution is -2.23. The monoisotopic (exact) mass is 370 g/mol. The number of rotatable bonds is 7. The number of ether oxygens (including phenoxy) is 1. The molecule has 0 saturated heterocycles. The highest BCUT2D eigenvalue weighted by molar-refractivity contribution is 6.31. The second kappa shape index (κ2) is 8.57. The average Bonchev–Trinajstić information content (AvgIpc) is 2.58. The number of nitrogens with zero attached hydrogens (tertiary/aromatic N) is 2. The van der Waals surface area contributed by atoms with Crippen molar-refractivity contribution in [3.05, 3.63) is 46.2 Å². The van der Waals surface area contributed by atoms with Crippen molar-refractivity contribution in [2.45, 2.75) is 19.9 Å². The van der Waals surface area contributed by atoms with Gasteiger partial charge in [-0.05, 0) is 30.7 Å². The molecule has 2 aromatic heterocycles. The quantitative estimate of drug-likeness (QED) is 0.783. The molecule has 0 atom stereocenters. The number of nitrogens with one attached hydrogen (secondary N) is 2. The van der Waals surface area contributed by atoms with E-state index < -0.39 is 13.0 Å². The zero-order valence-electron chi connectivity index (χ0n) is 13.6. The molecule has 0 aromatic carbocycles. The number of carbonyl (C=O) groups excluding carboxylic acids is 1. The Labute approximate surface area is 148 Å². The summed E-state index contributed by atoms with van der Waals surface area (Å²) in [7, 11) is 1.72. The normalized spacial score (nSPS) is 10.6. The first-order chi connectivity index (χ1) is 11.9. The summed E-state index contributed by atoms with van der Waals surface area (Å²) in [6.45, 7) is 1.19. The Balaban J connectivity index is 2.00. The van der Waals surface area contributed by atoms with Crippen LogP contribution in [0.3, 0.4) is 0 Å². The van der Waals surface area contributed by atoms with Gasteiger partial charge < -0.3 is 15.4 Å². The molecule has 0 radical (unpaired) electrons. The van der Waals surface area contributed by atoms with Crippen LogP contribution in [0.25, 0.3) is 0 Å². The lowest BCUT2D eigenvalue weighted by molar-refractivity contribution is 0.0796. The molecule has 0 unspecified atom stereocenters. The molecule has 2 heterocycles. The maximum atomic E-state index is 12.2. The lowest BCUT2D eigenvalue weighted by Gasteiger charge is -2.10. The summed E-state index contributed by atoms with van der Waals surface area (Å²) in [5.41, 5.74) is 1.79. The van der Waals surface area contributed by atoms with E-state index in [4.69, 9.17) is 16.3 Å². The summed E-state index contributed by atoms with van der Waals surface area (Å²) in [5, 5.41) is 5.72. The van der Waals surface area contributed by atoms with Crippen LogP contribution in [0, 0.1) is 6.92 Å². The zero-order valence-corrected chi connectivity index (χ0v) is 14.4. The maximum Gasteiger partial charge on any atom is 0.272 e. The number of aromatic nitrogens is 2. The maximum absolute atomic E-state index is 12.2. The predicted molar refractivity (Wildman–Crippen MR) is 90.4 cm³/mol. The third-order valence-electron chi connectivity index (χ3n) is 3.13. The van der Waals surface area contributed by atoms with Crippen molar-refractivity contribution >= 4 is 23.3 Å². The van der Waals surface area contributed by atoms with Gasteiger partial charge in [-0.25, -0.2) is 18.7 Å². The molecule has 2 N–H and O–H groups in total. The molecule has 0 spiro atoms. The van der Waals surface area contributed by atoms with Crippen LogP contribution >= 0.6 is 11.6 Å². The van der Waals surface area contributed by atoms with Gasteiger partial charge in [0.2, 0.25) is 5.88 Å². The van der Waals surface area contributed by atoms with Crippen LogP contribution in [0.15, 0.2) is 24.4 Å². The molecule has 2 aromatic rings. The third kappa shape index (κ3) is 5.53. The Hall–Kier alpha value is -2.48. The number of anilines is 1. The van der Waals surface area contributed by atoms with E-state index in [0.717, 1.165) is 0 Å². The van der Waals surface area contributed by atoms with E-state index in [-0.39, 0.29) is 23.4 Å². The Bertz CT molecular complexity index is 759. The third-order valence-corrected chi connectivity index (χ3v) is 3.41. The molecule has 0 aliphatic heterocycles. The summed E-state index contributed by atoms with van der Waals surface area (Å²) >= 11 is 5.94. The fourth-order valence-electron chi connectivity index (χ4n) is 2.02. The van der Waals surface area contributed by atoms with Crippen molar-refractivity contribution < 1.29 is 18.3 Å². The van der Waals surface area contributed by atoms with Gasteiger partial charge in [-0.15, -0.1) is 0 Å². The molecule has 0 aliphatic carbocycles. The zero-order chi connectivity index (χ0) is 18.4. The minimum atomic E-state index is -2.61. The highest BCUT2D eigenvalue weighted by Crippen LogP contribution is 2.22. The van der Waals surface area contributed by atoms with Gasteiger partial charge in [-0.2, -0.15) is 0 Å². The molecular formula is C16H17ClF2N4O2. The van der Waals surface area contributed by atoms with E-state index in [1.807, 2.05) is 0 Å². The van der Waals surface area contributed by atoms with Gasteiger partial charge in [0.1, 0.15) is 10.8 Å². The summed E-state index contributed by atoms with van der Waals surface area (Å²) in [5.74, 6) is 0.243. The van der Waals surface area contributed by atoms with Gasteiger partial charge >= 0.3 is 0 Å². The van der Waals surface area contributed by atoms with Gasteiger partial charge in [0, 0.05) is 31.0 Å². The van der Waals surface area contributed by atoms with E-state index in [2.05, 4.69) is 20.6 Å². The van der Waals surface area contributed by atoms with E-state index >= 15 is 0 Å². The van der Waals surface area contributed by atoms with Crippen LogP contribution in [0.5, 0.6) is 5.88 Å². The summed E-state index contributed by atoms with van der Waals surface area (Å²) in [4.78, 5) is 20.3. The van der Waals surface area contributed by atoms with Gasteiger partial charge in [0.05, 0.1) is 0 Å². The molecule has 0 bridgehead atoms. The largest absolute Gasteiger partial charge is 0.471 e. The topological polar surface area (TPSA) is 76.1 Å². The van der Waals surface area contributed by atoms with Crippen LogP contribution in [0.2, 0.25) is 5.02 Å². The predicted octanol–water partition coefficient (Wildman–Crippen LogP) is 3.05. The molecule has 2 rings (SSSR count). The number of hydrogen-bond donors (Lipinski definition) is 2. The number of pyridine rings is 2. The van der Waals surface area contributed by atoms with Gasteiger partial charge in [0.15, 0.2) is 6.61 Å². The van der Waals surface area contributed by atoms with E-state index in [0.29, 0.717) is 22.6 Å². The van der Waals surface area contributed by atoms with Crippen LogP contribution in [-0.2, 0) is 6.54 Å². The smallest absolute Gasteiger partial charge is 0.272 e. The van der Waals surface area contributed by atoms with Crippen molar-refractivity contribution in [1.29, 1.82) is 0 Å². The molecule has 1 amide bonds. The van der Waals surface area contributed by atoms with Crippen LogP contribution in [0.4, 0.5) is 14.6 Å². The van der Waals surface area contributed by atoms with E-state index in [1.165, 1.54) is 12.3 Å². The van der Waals surface area contributed by atoms with Crippen LogP contribution < -0.4 is 15.4 Å². The number of aryl methyl sites for hydroxylation is 1. The van der Waals surface area contributed by atoms with E-state index in [1.54, 1.807) is 26.1 Å². The Morgan fingerprint density at radius 2 is 2.12 bits per heavy atom. The van der Waals surface area contributed by atoms with Gasteiger partial charge in [0.25, 0.3) is 12.3 Å². The standard InChI is InChI=1S/C16H17ClF2N4O2/c1-9-3-11(5-14(20-2)23-9)15(24)21-6-10-4-12(17)16(22-7-10)25-8-13(18)19/h3-5,7,13H,6,8H2,1-2H3,(H,20,23)(H,21,24). The minimum Gasteiger partial charge on any atom is -0.471 e. The Kier molecular flexibility index (Phi) is 6.46. The first-order valence-corrected chi connectivity index (χ1v) is 7.77. The number of halogens is 3. The SMILES string of the molecule is CNc1cc(C(=O)NCc2cnc(OCC(F)F)c(Cl)c2)cc(C)n1. The lowest BCUT2D eigenvalue weighted by atomic mass is 10.2. The highest BCUT2D eigenvalue weighted by Gasteiger charge is 2.11. The average molecular weight is 371 g/mol. The minimum absolute atomic E-state index is 0.0690. The second-order valence-corrected chi connectivity index (χ2v) is 5.55. The molecule has 9 heteroatoms. The molecule has 6 nitrogen and oxygen atoms in total. The van der Waals surface area contributed by atoms with Gasteiger partial charge in [-0.1, -0.05) is 11.6 Å². The number of alkyl halides is 2. The van der Waals surface area contributed by atoms with Crippen molar-refractivity contribution in [2.75, 3.05) is 19.0 Å². The first kappa shape index (κ1) is 18.9. The number of carbonyl (C=O) groups is 1. The molecule has 25 heavy (non-hydrogen) atoms. The molecule has 0 aliphatic rings. The van der Waals surface area contributed by atoms with Gasteiger partial charge in [-0.3, -0.25) is 4.79 Å². The van der Waals surface area contributed by atoms with Crippen molar-refractivity contribution in [3.63, 3.8) is 0 Å². The van der Waals surface area contributed by atoms with E-state index in [9.17, 15) is 13.6 Å². The first-order valence-electron chi connectivity index (χ1n) is 7.39. The van der Waals surface area contributed by atoms with Crippen molar-refractivity contribution in [2.24, 2.45) is 0 Å².